The Bertz CT molecular complexity index is 678. The van der Waals surface area contributed by atoms with E-state index >= 15 is 0 Å². The van der Waals surface area contributed by atoms with Crippen molar-refractivity contribution < 1.29 is 28.5 Å². The Balaban J connectivity index is 3.24. The van der Waals surface area contributed by atoms with E-state index in [9.17, 15) is 9.59 Å². The van der Waals surface area contributed by atoms with Crippen LogP contribution in [-0.2, 0) is 14.3 Å². The molecule has 0 fully saturated rings. The van der Waals surface area contributed by atoms with Crippen molar-refractivity contribution in [1.29, 1.82) is 0 Å². The first kappa shape index (κ1) is 20.6. The highest BCUT2D eigenvalue weighted by molar-refractivity contribution is 6.34. The zero-order chi connectivity index (χ0) is 19.2. The minimum absolute atomic E-state index is 0.133. The summed E-state index contributed by atoms with van der Waals surface area (Å²) in [6.45, 7) is 5.12. The number of benzene rings is 1. The number of carbonyl (C=O) groups is 2. The molecule has 1 rings (SSSR count). The molecule has 25 heavy (non-hydrogen) atoms. The lowest BCUT2D eigenvalue weighted by Gasteiger charge is -2.20. The molecule has 0 aliphatic carbocycles. The number of hydrogen-bond acceptors (Lipinski definition) is 6. The van der Waals surface area contributed by atoms with Crippen LogP contribution in [0.1, 0.15) is 26.3 Å². The number of amides is 1. The van der Waals surface area contributed by atoms with E-state index < -0.39 is 17.7 Å². The van der Waals surface area contributed by atoms with Crippen molar-refractivity contribution in [2.24, 2.45) is 0 Å². The fourth-order valence-electron chi connectivity index (χ4n) is 1.84. The van der Waals surface area contributed by atoms with Gasteiger partial charge < -0.3 is 18.9 Å². The minimum Gasteiger partial charge on any atom is -0.493 e. The van der Waals surface area contributed by atoms with Gasteiger partial charge in [-0.2, -0.15) is 0 Å². The van der Waals surface area contributed by atoms with Crippen LogP contribution in [0.2, 0.25) is 5.02 Å². The van der Waals surface area contributed by atoms with Gasteiger partial charge in [0.25, 0.3) is 0 Å². The summed E-state index contributed by atoms with van der Waals surface area (Å²) in [7, 11) is 4.12. The van der Waals surface area contributed by atoms with Gasteiger partial charge in [-0.05, 0) is 44.5 Å². The SMILES string of the molecule is COC(=O)/C(=C\c1ccc(OC)c(OC)c1Cl)NC(=O)OC(C)(C)C. The molecule has 0 unspecified atom stereocenters. The molecule has 7 nitrogen and oxygen atoms in total. The van der Waals surface area contributed by atoms with E-state index in [0.29, 0.717) is 17.1 Å². The summed E-state index contributed by atoms with van der Waals surface area (Å²) in [6.07, 6.45) is 0.570. The smallest absolute Gasteiger partial charge is 0.412 e. The van der Waals surface area contributed by atoms with Crippen LogP contribution in [0.5, 0.6) is 11.5 Å². The monoisotopic (exact) mass is 371 g/mol. The van der Waals surface area contributed by atoms with Gasteiger partial charge in [-0.15, -0.1) is 0 Å². The second-order valence-electron chi connectivity index (χ2n) is 5.88. The van der Waals surface area contributed by atoms with E-state index in [4.69, 9.17) is 25.8 Å². The molecule has 1 N–H and O–H groups in total. The maximum atomic E-state index is 11.9. The van der Waals surface area contributed by atoms with Crippen molar-refractivity contribution in [2.45, 2.75) is 26.4 Å². The average Bonchev–Trinajstić information content (AvgIpc) is 2.52. The lowest BCUT2D eigenvalue weighted by molar-refractivity contribution is -0.136. The number of alkyl carbamates (subject to hydrolysis) is 1. The van der Waals surface area contributed by atoms with Gasteiger partial charge in [0.2, 0.25) is 0 Å². The summed E-state index contributed by atoms with van der Waals surface area (Å²) < 4.78 is 20.2. The van der Waals surface area contributed by atoms with Crippen molar-refractivity contribution in [2.75, 3.05) is 21.3 Å². The Labute approximate surface area is 151 Å². The van der Waals surface area contributed by atoms with Gasteiger partial charge in [-0.3, -0.25) is 5.32 Å². The van der Waals surface area contributed by atoms with E-state index in [-0.39, 0.29) is 10.7 Å². The average molecular weight is 372 g/mol. The van der Waals surface area contributed by atoms with E-state index in [2.05, 4.69) is 10.1 Å². The molecule has 0 bridgehead atoms. The first-order valence-electron chi connectivity index (χ1n) is 7.33. The number of rotatable bonds is 5. The Morgan fingerprint density at radius 2 is 1.76 bits per heavy atom. The van der Waals surface area contributed by atoms with E-state index in [1.54, 1.807) is 32.9 Å². The van der Waals surface area contributed by atoms with Gasteiger partial charge in [0.1, 0.15) is 11.3 Å². The van der Waals surface area contributed by atoms with Crippen LogP contribution in [-0.4, -0.2) is 39.0 Å². The molecule has 1 aromatic rings. The van der Waals surface area contributed by atoms with Crippen LogP contribution in [0, 0.1) is 0 Å². The lowest BCUT2D eigenvalue weighted by Crippen LogP contribution is -2.34. The van der Waals surface area contributed by atoms with Gasteiger partial charge in [0, 0.05) is 0 Å². The van der Waals surface area contributed by atoms with Crippen molar-refractivity contribution in [1.82, 2.24) is 5.32 Å². The Kier molecular flexibility index (Phi) is 7.11. The third-order valence-electron chi connectivity index (χ3n) is 2.86. The molecule has 0 heterocycles. The standard InChI is InChI=1S/C17H22ClNO6/c1-17(2,3)25-16(21)19-11(15(20)24-6)9-10-7-8-12(22-4)14(23-5)13(10)18/h7-9H,1-6H3,(H,19,21)/b11-9+. The molecule has 138 valence electrons. The van der Waals surface area contributed by atoms with Gasteiger partial charge in [-0.25, -0.2) is 9.59 Å². The van der Waals surface area contributed by atoms with Crippen molar-refractivity contribution in [3.8, 4) is 11.5 Å². The third kappa shape index (κ3) is 5.86. The van der Waals surface area contributed by atoms with E-state index in [0.717, 1.165) is 0 Å². The second-order valence-corrected chi connectivity index (χ2v) is 6.26. The van der Waals surface area contributed by atoms with Gasteiger partial charge in [0.15, 0.2) is 11.5 Å². The molecule has 0 aromatic heterocycles. The highest BCUT2D eigenvalue weighted by Crippen LogP contribution is 2.38. The summed E-state index contributed by atoms with van der Waals surface area (Å²) in [4.78, 5) is 23.9. The first-order chi connectivity index (χ1) is 11.6. The molecule has 0 saturated carbocycles. The molecule has 0 saturated heterocycles. The molecule has 0 aliphatic rings. The Morgan fingerprint density at radius 3 is 2.24 bits per heavy atom. The lowest BCUT2D eigenvalue weighted by atomic mass is 10.1. The highest BCUT2D eigenvalue weighted by atomic mass is 35.5. The molecule has 1 amide bonds. The maximum Gasteiger partial charge on any atom is 0.412 e. The zero-order valence-electron chi connectivity index (χ0n) is 15.1. The number of carbonyl (C=O) groups excluding carboxylic acids is 2. The highest BCUT2D eigenvalue weighted by Gasteiger charge is 2.21. The molecular weight excluding hydrogens is 350 g/mol. The molecule has 0 aliphatic heterocycles. The normalized spacial score (nSPS) is 11.6. The molecular formula is C17H22ClNO6. The summed E-state index contributed by atoms with van der Waals surface area (Å²) in [6, 6.07) is 3.24. The van der Waals surface area contributed by atoms with Crippen LogP contribution >= 0.6 is 11.6 Å². The Morgan fingerprint density at radius 1 is 1.12 bits per heavy atom. The van der Waals surface area contributed by atoms with Gasteiger partial charge >= 0.3 is 12.1 Å². The molecule has 8 heteroatoms. The van der Waals surface area contributed by atoms with Crippen LogP contribution < -0.4 is 14.8 Å². The molecule has 0 spiro atoms. The van der Waals surface area contributed by atoms with Crippen LogP contribution in [0.3, 0.4) is 0 Å². The van der Waals surface area contributed by atoms with E-state index in [1.165, 1.54) is 27.4 Å². The van der Waals surface area contributed by atoms with Crippen LogP contribution in [0.4, 0.5) is 4.79 Å². The summed E-state index contributed by atoms with van der Waals surface area (Å²) >= 11 is 6.28. The number of esters is 1. The molecule has 0 atom stereocenters. The number of methoxy groups -OCH3 is 3. The van der Waals surface area contributed by atoms with Crippen LogP contribution in [0.25, 0.3) is 6.08 Å². The number of nitrogens with one attached hydrogen (secondary N) is 1. The van der Waals surface area contributed by atoms with Crippen LogP contribution in [0.15, 0.2) is 17.8 Å². The summed E-state index contributed by atoms with van der Waals surface area (Å²) in [5, 5.41) is 2.58. The van der Waals surface area contributed by atoms with Crippen molar-refractivity contribution in [3.05, 3.63) is 28.4 Å². The maximum absolute atomic E-state index is 11.9. The second kappa shape index (κ2) is 8.62. The third-order valence-corrected chi connectivity index (χ3v) is 3.25. The van der Waals surface area contributed by atoms with Crippen molar-refractivity contribution in [3.63, 3.8) is 0 Å². The predicted molar refractivity (Wildman–Crippen MR) is 93.9 cm³/mol. The van der Waals surface area contributed by atoms with Gasteiger partial charge in [0.05, 0.1) is 26.4 Å². The fraction of sp³-hybridized carbons (Fsp3) is 0.412. The number of halogens is 1. The van der Waals surface area contributed by atoms with Gasteiger partial charge in [-0.1, -0.05) is 11.6 Å². The largest absolute Gasteiger partial charge is 0.493 e. The Hall–Kier alpha value is -2.41. The number of ether oxygens (including phenoxy) is 4. The fourth-order valence-corrected chi connectivity index (χ4v) is 2.13. The summed E-state index contributed by atoms with van der Waals surface area (Å²) in [5.41, 5.74) is -0.423. The van der Waals surface area contributed by atoms with Crippen molar-refractivity contribution >= 4 is 29.7 Å². The molecule has 1 aromatic carbocycles. The topological polar surface area (TPSA) is 83.1 Å². The quantitative estimate of drug-likeness (QED) is 0.631. The number of hydrogen-bond donors (Lipinski definition) is 1. The first-order valence-corrected chi connectivity index (χ1v) is 7.71. The zero-order valence-corrected chi connectivity index (χ0v) is 15.8. The minimum atomic E-state index is -0.791. The predicted octanol–water partition coefficient (Wildman–Crippen LogP) is 3.40. The molecule has 0 radical (unpaired) electrons. The summed E-state index contributed by atoms with van der Waals surface area (Å²) in [5.74, 6) is -0.0134. The van der Waals surface area contributed by atoms with E-state index in [1.807, 2.05) is 0 Å².